The lowest BCUT2D eigenvalue weighted by molar-refractivity contribution is -0.185. The summed E-state index contributed by atoms with van der Waals surface area (Å²) in [5, 5.41) is 21.6. The number of hydrogen-bond donors (Lipinski definition) is 2. The third-order valence-electron chi connectivity index (χ3n) is 3.83. The number of hydroxylamine groups is 2. The second kappa shape index (κ2) is 7.82. The van der Waals surface area contributed by atoms with Gasteiger partial charge < -0.3 is 19.8 Å². The quantitative estimate of drug-likeness (QED) is 0.757. The highest BCUT2D eigenvalue weighted by Gasteiger charge is 2.38. The van der Waals surface area contributed by atoms with Crippen LogP contribution in [-0.2, 0) is 9.57 Å². The van der Waals surface area contributed by atoms with Crippen LogP contribution >= 0.6 is 15.9 Å². The third kappa shape index (κ3) is 5.17. The SMILES string of the molecule is CC(C)(C)OC(=O)ON1CC(O)C(c2ccc(Br)cc2)C(CO)C1. The molecule has 2 rings (SSSR count). The molecule has 3 atom stereocenters. The molecule has 0 radical (unpaired) electrons. The molecule has 1 aromatic rings. The molecule has 0 aromatic heterocycles. The number of β-amino-alcohol motifs (C(OH)–C–C–N with tert-alkyl or cyclic N) is 1. The van der Waals surface area contributed by atoms with E-state index >= 15 is 0 Å². The number of hydrogen-bond acceptors (Lipinski definition) is 6. The van der Waals surface area contributed by atoms with Crippen LogP contribution in [0.25, 0.3) is 0 Å². The number of piperidine rings is 1. The van der Waals surface area contributed by atoms with Crippen LogP contribution in [0.3, 0.4) is 0 Å². The van der Waals surface area contributed by atoms with Crippen molar-refractivity contribution in [2.24, 2.45) is 5.92 Å². The van der Waals surface area contributed by atoms with Gasteiger partial charge in [-0.2, -0.15) is 0 Å². The normalized spacial score (nSPS) is 25.3. The van der Waals surface area contributed by atoms with Gasteiger partial charge in [-0.05, 0) is 38.5 Å². The maximum Gasteiger partial charge on any atom is 0.528 e. The fourth-order valence-corrected chi connectivity index (χ4v) is 3.15. The smallest absolute Gasteiger partial charge is 0.427 e. The van der Waals surface area contributed by atoms with Crippen LogP contribution in [0.2, 0.25) is 0 Å². The predicted molar refractivity (Wildman–Crippen MR) is 92.4 cm³/mol. The van der Waals surface area contributed by atoms with E-state index in [1.165, 1.54) is 5.06 Å². The highest BCUT2D eigenvalue weighted by Crippen LogP contribution is 2.34. The molecule has 0 amide bonds. The summed E-state index contributed by atoms with van der Waals surface area (Å²) in [6, 6.07) is 7.65. The zero-order chi connectivity index (χ0) is 17.9. The van der Waals surface area contributed by atoms with Crippen molar-refractivity contribution in [3.05, 3.63) is 34.3 Å². The molecular weight excluding hydrogens is 378 g/mol. The number of nitrogens with zero attached hydrogens (tertiary/aromatic N) is 1. The maximum absolute atomic E-state index is 11.8. The van der Waals surface area contributed by atoms with Crippen LogP contribution < -0.4 is 0 Å². The van der Waals surface area contributed by atoms with E-state index in [-0.39, 0.29) is 25.0 Å². The molecule has 0 aliphatic carbocycles. The number of aliphatic hydroxyl groups is 2. The van der Waals surface area contributed by atoms with Crippen molar-refractivity contribution >= 4 is 22.1 Å². The Kier molecular flexibility index (Phi) is 6.25. The minimum absolute atomic E-state index is 0.119. The molecule has 0 saturated carbocycles. The van der Waals surface area contributed by atoms with Gasteiger partial charge in [-0.1, -0.05) is 28.1 Å². The predicted octanol–water partition coefficient (Wildman–Crippen LogP) is 2.68. The Labute approximate surface area is 150 Å². The lowest BCUT2D eigenvalue weighted by Crippen LogP contribution is -2.50. The van der Waals surface area contributed by atoms with Gasteiger partial charge in [0.15, 0.2) is 0 Å². The molecule has 7 heteroatoms. The van der Waals surface area contributed by atoms with E-state index in [1.54, 1.807) is 20.8 Å². The summed E-state index contributed by atoms with van der Waals surface area (Å²) in [5.41, 5.74) is 0.295. The Hall–Kier alpha value is -1.15. The Morgan fingerprint density at radius 2 is 1.92 bits per heavy atom. The molecule has 3 unspecified atom stereocenters. The topological polar surface area (TPSA) is 79.2 Å². The van der Waals surface area contributed by atoms with E-state index in [0.717, 1.165) is 10.0 Å². The number of aliphatic hydroxyl groups excluding tert-OH is 2. The number of rotatable bonds is 3. The van der Waals surface area contributed by atoms with Gasteiger partial charge in [0, 0.05) is 29.5 Å². The Morgan fingerprint density at radius 3 is 2.46 bits per heavy atom. The average molecular weight is 402 g/mol. The van der Waals surface area contributed by atoms with Gasteiger partial charge in [-0.3, -0.25) is 0 Å². The van der Waals surface area contributed by atoms with Gasteiger partial charge in [-0.15, -0.1) is 5.06 Å². The van der Waals surface area contributed by atoms with Gasteiger partial charge in [0.05, 0.1) is 12.6 Å². The van der Waals surface area contributed by atoms with Crippen LogP contribution in [0, 0.1) is 5.92 Å². The maximum atomic E-state index is 11.8. The van der Waals surface area contributed by atoms with Gasteiger partial charge in [-0.25, -0.2) is 4.79 Å². The van der Waals surface area contributed by atoms with Gasteiger partial charge in [0.2, 0.25) is 0 Å². The first-order valence-corrected chi connectivity index (χ1v) is 8.69. The second-order valence-corrected chi connectivity index (χ2v) is 7.91. The van der Waals surface area contributed by atoms with E-state index in [9.17, 15) is 15.0 Å². The van der Waals surface area contributed by atoms with E-state index in [2.05, 4.69) is 15.9 Å². The monoisotopic (exact) mass is 401 g/mol. The van der Waals surface area contributed by atoms with Crippen molar-refractivity contribution in [2.75, 3.05) is 19.7 Å². The molecule has 0 bridgehead atoms. The summed E-state index contributed by atoms with van der Waals surface area (Å²) in [4.78, 5) is 16.9. The highest BCUT2D eigenvalue weighted by atomic mass is 79.9. The summed E-state index contributed by atoms with van der Waals surface area (Å²) in [7, 11) is 0. The fraction of sp³-hybridized carbons (Fsp3) is 0.588. The number of carbonyl (C=O) groups excluding carboxylic acids is 1. The number of carbonyl (C=O) groups is 1. The van der Waals surface area contributed by atoms with E-state index in [1.807, 2.05) is 24.3 Å². The standard InChI is InChI=1S/C17H24BrNO5/c1-17(2,3)23-16(22)24-19-8-12(10-20)15(14(21)9-19)11-4-6-13(18)7-5-11/h4-7,12,14-15,20-21H,8-10H2,1-3H3. The summed E-state index contributed by atoms with van der Waals surface area (Å²) in [6.45, 7) is 5.62. The average Bonchev–Trinajstić information content (AvgIpc) is 2.46. The molecule has 1 aliphatic heterocycles. The lowest BCUT2D eigenvalue weighted by atomic mass is 9.79. The fourth-order valence-electron chi connectivity index (χ4n) is 2.89. The van der Waals surface area contributed by atoms with Crippen LogP contribution in [0.1, 0.15) is 32.3 Å². The molecule has 1 saturated heterocycles. The van der Waals surface area contributed by atoms with Crippen molar-refractivity contribution < 1.29 is 24.6 Å². The summed E-state index contributed by atoms with van der Waals surface area (Å²) >= 11 is 3.39. The summed E-state index contributed by atoms with van der Waals surface area (Å²) in [5.74, 6) is -0.473. The minimum Gasteiger partial charge on any atom is -0.427 e. The van der Waals surface area contributed by atoms with Gasteiger partial charge >= 0.3 is 6.16 Å². The van der Waals surface area contributed by atoms with Crippen molar-refractivity contribution in [1.29, 1.82) is 0 Å². The van der Waals surface area contributed by atoms with Crippen LogP contribution in [0.4, 0.5) is 4.79 Å². The summed E-state index contributed by atoms with van der Waals surface area (Å²) < 4.78 is 6.07. The molecule has 1 heterocycles. The Balaban J connectivity index is 2.05. The third-order valence-corrected chi connectivity index (χ3v) is 4.36. The van der Waals surface area contributed by atoms with Crippen LogP contribution in [0.5, 0.6) is 0 Å². The van der Waals surface area contributed by atoms with Crippen LogP contribution in [-0.4, -0.2) is 52.8 Å². The first kappa shape index (κ1) is 19.2. The first-order chi connectivity index (χ1) is 11.2. The van der Waals surface area contributed by atoms with Crippen LogP contribution in [0.15, 0.2) is 28.7 Å². The number of benzene rings is 1. The molecule has 0 spiro atoms. The van der Waals surface area contributed by atoms with E-state index < -0.39 is 17.9 Å². The minimum atomic E-state index is -0.812. The number of halogens is 1. The zero-order valence-electron chi connectivity index (χ0n) is 14.1. The molecule has 24 heavy (non-hydrogen) atoms. The Morgan fingerprint density at radius 1 is 1.29 bits per heavy atom. The van der Waals surface area contributed by atoms with Crippen molar-refractivity contribution in [3.63, 3.8) is 0 Å². The van der Waals surface area contributed by atoms with Crippen molar-refractivity contribution in [2.45, 2.75) is 38.4 Å². The second-order valence-electron chi connectivity index (χ2n) is 6.99. The van der Waals surface area contributed by atoms with Crippen molar-refractivity contribution in [1.82, 2.24) is 5.06 Å². The highest BCUT2D eigenvalue weighted by molar-refractivity contribution is 9.10. The zero-order valence-corrected chi connectivity index (χ0v) is 15.7. The summed E-state index contributed by atoms with van der Waals surface area (Å²) in [6.07, 6.45) is -1.58. The van der Waals surface area contributed by atoms with Gasteiger partial charge in [0.1, 0.15) is 5.60 Å². The molecule has 134 valence electrons. The molecular formula is C17H24BrNO5. The molecule has 1 fully saturated rings. The van der Waals surface area contributed by atoms with E-state index in [0.29, 0.717) is 6.54 Å². The van der Waals surface area contributed by atoms with Crippen molar-refractivity contribution in [3.8, 4) is 0 Å². The molecule has 1 aliphatic rings. The largest absolute Gasteiger partial charge is 0.528 e. The molecule has 1 aromatic carbocycles. The van der Waals surface area contributed by atoms with Gasteiger partial charge in [0.25, 0.3) is 0 Å². The van der Waals surface area contributed by atoms with E-state index in [4.69, 9.17) is 9.57 Å². The molecule has 6 nitrogen and oxygen atoms in total. The first-order valence-electron chi connectivity index (χ1n) is 7.90. The number of ether oxygens (including phenoxy) is 1. The Bertz CT molecular complexity index is 557. The lowest BCUT2D eigenvalue weighted by Gasteiger charge is -2.40. The molecule has 2 N–H and O–H groups in total.